The molecule has 0 bridgehead atoms. The molecule has 1 amide bonds. The Morgan fingerprint density at radius 1 is 1.00 bits per heavy atom. The van der Waals surface area contributed by atoms with Crippen LogP contribution in [0.5, 0.6) is 0 Å². The monoisotopic (exact) mass is 365 g/mol. The topological polar surface area (TPSA) is 61.4 Å². The van der Waals surface area contributed by atoms with Gasteiger partial charge in [-0.3, -0.25) is 4.79 Å². The van der Waals surface area contributed by atoms with Crippen LogP contribution in [-0.4, -0.2) is 59.1 Å². The number of likely N-dealkylation sites (N-methyl/N-ethyl adjacent to an activating group) is 1. The highest BCUT2D eigenvalue weighted by molar-refractivity contribution is 5.92. The summed E-state index contributed by atoms with van der Waals surface area (Å²) in [5.41, 5.74) is -0.0276. The predicted octanol–water partition coefficient (Wildman–Crippen LogP) is 2.63. The minimum atomic E-state index is -4.37. The summed E-state index contributed by atoms with van der Waals surface area (Å²) in [4.78, 5) is 16.3. The number of nitrogens with one attached hydrogen (secondary N) is 1. The number of anilines is 2. The van der Waals surface area contributed by atoms with Crippen molar-refractivity contribution in [1.29, 1.82) is 0 Å². The first-order valence-electron chi connectivity index (χ1n) is 8.09. The largest absolute Gasteiger partial charge is 0.416 e. The number of benzene rings is 1. The zero-order chi connectivity index (χ0) is 18.7. The molecule has 0 radical (unpaired) electrons. The molecular weight excluding hydrogens is 347 g/mol. The second-order valence-electron chi connectivity index (χ2n) is 6.10. The van der Waals surface area contributed by atoms with Crippen molar-refractivity contribution < 1.29 is 18.0 Å². The average molecular weight is 365 g/mol. The van der Waals surface area contributed by atoms with Gasteiger partial charge in [0.05, 0.1) is 5.56 Å². The maximum atomic E-state index is 12.6. The third kappa shape index (κ3) is 4.29. The molecule has 9 heteroatoms. The minimum absolute atomic E-state index is 0.174. The maximum absolute atomic E-state index is 12.6. The number of hydrogen-bond acceptors (Lipinski definition) is 5. The van der Waals surface area contributed by atoms with Crippen molar-refractivity contribution in [2.75, 3.05) is 38.5 Å². The number of carbonyl (C=O) groups excluding carboxylic acids is 1. The maximum Gasteiger partial charge on any atom is 0.416 e. The van der Waals surface area contributed by atoms with E-state index in [9.17, 15) is 18.0 Å². The van der Waals surface area contributed by atoms with Gasteiger partial charge in [0, 0.05) is 31.9 Å². The van der Waals surface area contributed by atoms with Crippen molar-refractivity contribution in [1.82, 2.24) is 20.0 Å². The summed E-state index contributed by atoms with van der Waals surface area (Å²) in [6.45, 7) is 2.91. The Morgan fingerprint density at radius 2 is 1.65 bits per heavy atom. The van der Waals surface area contributed by atoms with Crippen LogP contribution in [0, 0.1) is 0 Å². The molecule has 1 aliphatic heterocycles. The van der Waals surface area contributed by atoms with Crippen molar-refractivity contribution in [3.05, 3.63) is 47.7 Å². The first-order valence-corrected chi connectivity index (χ1v) is 8.09. The number of carbonyl (C=O) groups is 1. The molecule has 2 heterocycles. The number of hydrogen-bond donors (Lipinski definition) is 1. The molecule has 6 nitrogen and oxygen atoms in total. The summed E-state index contributed by atoms with van der Waals surface area (Å²) in [6.07, 6.45) is -4.37. The predicted molar refractivity (Wildman–Crippen MR) is 90.2 cm³/mol. The van der Waals surface area contributed by atoms with E-state index in [4.69, 9.17) is 0 Å². The first kappa shape index (κ1) is 18.1. The molecule has 1 N–H and O–H groups in total. The quantitative estimate of drug-likeness (QED) is 0.906. The third-order valence-electron chi connectivity index (χ3n) is 4.16. The van der Waals surface area contributed by atoms with Gasteiger partial charge in [-0.15, -0.1) is 10.2 Å². The molecule has 1 aliphatic rings. The molecule has 1 aromatic heterocycles. The van der Waals surface area contributed by atoms with Crippen molar-refractivity contribution in [3.8, 4) is 0 Å². The van der Waals surface area contributed by atoms with Crippen LogP contribution in [0.15, 0.2) is 36.4 Å². The zero-order valence-corrected chi connectivity index (χ0v) is 14.1. The Morgan fingerprint density at radius 3 is 2.19 bits per heavy atom. The highest BCUT2D eigenvalue weighted by Crippen LogP contribution is 2.30. The van der Waals surface area contributed by atoms with Gasteiger partial charge in [0.1, 0.15) is 0 Å². The molecule has 0 saturated carbocycles. The molecule has 2 aromatic rings. The van der Waals surface area contributed by atoms with Crippen LogP contribution in [0.25, 0.3) is 0 Å². The van der Waals surface area contributed by atoms with Crippen LogP contribution in [0.1, 0.15) is 16.1 Å². The molecule has 26 heavy (non-hydrogen) atoms. The summed E-state index contributed by atoms with van der Waals surface area (Å²) < 4.78 is 37.7. The highest BCUT2D eigenvalue weighted by atomic mass is 19.4. The average Bonchev–Trinajstić information content (AvgIpc) is 2.62. The fourth-order valence-corrected chi connectivity index (χ4v) is 2.57. The molecule has 138 valence electrons. The van der Waals surface area contributed by atoms with Gasteiger partial charge in [0.2, 0.25) is 0 Å². The van der Waals surface area contributed by atoms with Gasteiger partial charge in [-0.2, -0.15) is 13.2 Å². The lowest BCUT2D eigenvalue weighted by molar-refractivity contribution is -0.137. The van der Waals surface area contributed by atoms with Crippen molar-refractivity contribution in [2.45, 2.75) is 6.18 Å². The molecular formula is C17H18F3N5O. The van der Waals surface area contributed by atoms with E-state index < -0.39 is 11.7 Å². The molecule has 3 rings (SSSR count). The highest BCUT2D eigenvalue weighted by Gasteiger charge is 2.30. The zero-order valence-electron chi connectivity index (χ0n) is 14.1. The van der Waals surface area contributed by atoms with Crippen LogP contribution in [0.3, 0.4) is 0 Å². The van der Waals surface area contributed by atoms with Crippen LogP contribution in [-0.2, 0) is 6.18 Å². The fraction of sp³-hybridized carbons (Fsp3) is 0.353. The number of halogens is 3. The lowest BCUT2D eigenvalue weighted by Gasteiger charge is -2.32. The SMILES string of the molecule is CN1CCN(C(=O)c2ccc(Nc3ccc(C(F)(F)F)cc3)nn2)CC1. The number of rotatable bonds is 3. The second kappa shape index (κ2) is 7.28. The van der Waals surface area contributed by atoms with E-state index in [1.54, 1.807) is 17.0 Å². The van der Waals surface area contributed by atoms with Crippen LogP contribution in [0.4, 0.5) is 24.7 Å². The Kier molecular flexibility index (Phi) is 5.08. The molecule has 1 aromatic carbocycles. The number of nitrogens with zero attached hydrogens (tertiary/aromatic N) is 4. The smallest absolute Gasteiger partial charge is 0.339 e. The number of piperazine rings is 1. The molecule has 0 aliphatic carbocycles. The molecule has 1 fully saturated rings. The van der Waals surface area contributed by atoms with Crippen molar-refractivity contribution in [2.24, 2.45) is 0 Å². The van der Waals surface area contributed by atoms with E-state index in [1.807, 2.05) is 7.05 Å². The molecule has 0 unspecified atom stereocenters. The summed E-state index contributed by atoms with van der Waals surface area (Å²) in [5.74, 6) is 0.173. The van der Waals surface area contributed by atoms with Crippen molar-refractivity contribution >= 4 is 17.4 Å². The molecule has 0 spiro atoms. The van der Waals surface area contributed by atoms with Crippen LogP contribution >= 0.6 is 0 Å². The number of aromatic nitrogens is 2. The van der Waals surface area contributed by atoms with Gasteiger partial charge in [-0.25, -0.2) is 0 Å². The van der Waals surface area contributed by atoms with E-state index in [1.165, 1.54) is 12.1 Å². The van der Waals surface area contributed by atoms with Crippen molar-refractivity contribution in [3.63, 3.8) is 0 Å². The van der Waals surface area contributed by atoms with Gasteiger partial charge in [-0.1, -0.05) is 0 Å². The lowest BCUT2D eigenvalue weighted by Crippen LogP contribution is -2.47. The third-order valence-corrected chi connectivity index (χ3v) is 4.16. The van der Waals surface area contributed by atoms with Crippen LogP contribution < -0.4 is 5.32 Å². The van der Waals surface area contributed by atoms with Gasteiger partial charge < -0.3 is 15.1 Å². The standard InChI is InChI=1S/C17H18F3N5O/c1-24-8-10-25(11-9-24)16(26)14-6-7-15(23-22-14)21-13-4-2-12(3-5-13)17(18,19)20/h2-7H,8-11H2,1H3,(H,21,23). The second-order valence-corrected chi connectivity index (χ2v) is 6.10. The molecule has 0 atom stereocenters. The summed E-state index contributed by atoms with van der Waals surface area (Å²) in [5, 5.41) is 10.7. The number of alkyl halides is 3. The first-order chi connectivity index (χ1) is 12.3. The van der Waals surface area contributed by atoms with E-state index in [0.29, 0.717) is 24.6 Å². The number of amides is 1. The Hall–Kier alpha value is -2.68. The normalized spacial score (nSPS) is 15.8. The van der Waals surface area contributed by atoms with Gasteiger partial charge in [0.15, 0.2) is 11.5 Å². The van der Waals surface area contributed by atoms with E-state index in [-0.39, 0.29) is 11.6 Å². The minimum Gasteiger partial charge on any atom is -0.339 e. The van der Waals surface area contributed by atoms with E-state index in [2.05, 4.69) is 20.4 Å². The Balaban J connectivity index is 1.63. The summed E-state index contributed by atoms with van der Waals surface area (Å²) >= 11 is 0. The summed E-state index contributed by atoms with van der Waals surface area (Å²) in [7, 11) is 2.00. The Bertz CT molecular complexity index is 753. The van der Waals surface area contributed by atoms with Crippen LogP contribution in [0.2, 0.25) is 0 Å². The lowest BCUT2D eigenvalue weighted by atomic mass is 10.2. The van der Waals surface area contributed by atoms with E-state index >= 15 is 0 Å². The van der Waals surface area contributed by atoms with Gasteiger partial charge >= 0.3 is 6.18 Å². The summed E-state index contributed by atoms with van der Waals surface area (Å²) in [6, 6.07) is 7.73. The van der Waals surface area contributed by atoms with Gasteiger partial charge in [-0.05, 0) is 43.4 Å². The fourth-order valence-electron chi connectivity index (χ4n) is 2.57. The van der Waals surface area contributed by atoms with Gasteiger partial charge in [0.25, 0.3) is 5.91 Å². The Labute approximate surface area is 148 Å². The molecule has 1 saturated heterocycles. The van der Waals surface area contributed by atoms with E-state index in [0.717, 1.165) is 25.2 Å².